The fraction of sp³-hybridized carbons (Fsp3) is 0.125. The van der Waals surface area contributed by atoms with Gasteiger partial charge in [-0.2, -0.15) is 0 Å². The molecule has 0 spiro atoms. The van der Waals surface area contributed by atoms with Gasteiger partial charge in [0.25, 0.3) is 5.91 Å². The lowest BCUT2D eigenvalue weighted by Crippen LogP contribution is -2.37. The van der Waals surface area contributed by atoms with E-state index in [1.807, 2.05) is 49.5 Å². The summed E-state index contributed by atoms with van der Waals surface area (Å²) in [6, 6.07) is 19.6. The van der Waals surface area contributed by atoms with Crippen molar-refractivity contribution in [3.63, 3.8) is 0 Å². The maximum atomic E-state index is 13.4. The van der Waals surface area contributed by atoms with Crippen molar-refractivity contribution in [2.24, 2.45) is 0 Å². The van der Waals surface area contributed by atoms with E-state index in [1.165, 1.54) is 11.8 Å². The number of phenols is 1. The minimum atomic E-state index is -0.359. The number of benzene rings is 3. The number of hydrogen-bond donors (Lipinski definition) is 2. The number of aromatic hydroxyl groups is 1. The number of hydrogen-bond acceptors (Lipinski definition) is 6. The number of amides is 1. The van der Waals surface area contributed by atoms with Gasteiger partial charge in [-0.05, 0) is 23.6 Å². The van der Waals surface area contributed by atoms with E-state index >= 15 is 0 Å². The molecule has 1 unspecified atom stereocenters. The summed E-state index contributed by atoms with van der Waals surface area (Å²) in [6.45, 7) is 4.24. The first-order valence-corrected chi connectivity index (χ1v) is 11.6. The normalized spacial score (nSPS) is 20.4. The second-order valence-corrected chi connectivity index (χ2v) is 9.43. The zero-order valence-corrected chi connectivity index (χ0v) is 18.5. The SMILES string of the molecule is C=CCN1C(=O)/C(=C2/Sc3ccccc3N2C)SC1Nc1c(O)ccc2ccccc12. The molecule has 3 aromatic carbocycles. The monoisotopic (exact) mass is 447 g/mol. The Bertz CT molecular complexity index is 1240. The van der Waals surface area contributed by atoms with E-state index in [2.05, 4.69) is 28.9 Å². The average Bonchev–Trinajstić information content (AvgIpc) is 3.28. The third kappa shape index (κ3) is 3.34. The highest BCUT2D eigenvalue weighted by Gasteiger charge is 2.40. The lowest BCUT2D eigenvalue weighted by atomic mass is 10.1. The minimum Gasteiger partial charge on any atom is -0.506 e. The van der Waals surface area contributed by atoms with E-state index in [0.717, 1.165) is 26.4 Å². The molecule has 0 radical (unpaired) electrons. The number of carbonyl (C=O) groups excluding carboxylic acids is 1. The van der Waals surface area contributed by atoms with Gasteiger partial charge in [0.2, 0.25) is 0 Å². The Hall–Kier alpha value is -3.03. The van der Waals surface area contributed by atoms with Crippen molar-refractivity contribution in [1.82, 2.24) is 4.90 Å². The van der Waals surface area contributed by atoms with Gasteiger partial charge >= 0.3 is 0 Å². The number of rotatable bonds is 4. The Morgan fingerprint density at radius 2 is 1.90 bits per heavy atom. The first-order valence-electron chi connectivity index (χ1n) is 9.89. The summed E-state index contributed by atoms with van der Waals surface area (Å²) < 4.78 is 0. The van der Waals surface area contributed by atoms with Crippen LogP contribution in [0.5, 0.6) is 5.75 Å². The van der Waals surface area contributed by atoms with Gasteiger partial charge in [0, 0.05) is 23.9 Å². The van der Waals surface area contributed by atoms with Crippen molar-refractivity contribution in [1.29, 1.82) is 0 Å². The zero-order chi connectivity index (χ0) is 21.5. The van der Waals surface area contributed by atoms with E-state index in [9.17, 15) is 9.90 Å². The van der Waals surface area contributed by atoms with E-state index in [1.54, 1.807) is 28.8 Å². The van der Waals surface area contributed by atoms with Crippen LogP contribution in [0.2, 0.25) is 0 Å². The molecule has 0 saturated carbocycles. The van der Waals surface area contributed by atoms with Crippen LogP contribution in [0.25, 0.3) is 10.8 Å². The third-order valence-corrected chi connectivity index (χ3v) is 7.97. The maximum Gasteiger partial charge on any atom is 0.265 e. The number of thioether (sulfide) groups is 2. The summed E-state index contributed by atoms with van der Waals surface area (Å²) >= 11 is 3.09. The van der Waals surface area contributed by atoms with Crippen LogP contribution in [0.15, 0.2) is 88.1 Å². The molecule has 1 amide bonds. The fourth-order valence-corrected chi connectivity index (χ4v) is 6.38. The van der Waals surface area contributed by atoms with Crippen LogP contribution >= 0.6 is 23.5 Å². The van der Waals surface area contributed by atoms with Crippen LogP contribution in [0.1, 0.15) is 0 Å². The topological polar surface area (TPSA) is 55.8 Å². The van der Waals surface area contributed by atoms with Crippen molar-refractivity contribution < 1.29 is 9.90 Å². The lowest BCUT2D eigenvalue weighted by molar-refractivity contribution is -0.125. The Morgan fingerprint density at radius 1 is 1.13 bits per heavy atom. The molecule has 7 heteroatoms. The fourth-order valence-electron chi connectivity index (χ4n) is 3.87. The van der Waals surface area contributed by atoms with Gasteiger partial charge in [0.15, 0.2) is 5.50 Å². The third-order valence-electron chi connectivity index (χ3n) is 5.40. The number of anilines is 2. The van der Waals surface area contributed by atoms with Gasteiger partial charge < -0.3 is 20.2 Å². The first kappa shape index (κ1) is 19.9. The van der Waals surface area contributed by atoms with Gasteiger partial charge in [-0.3, -0.25) is 4.79 Å². The molecule has 3 aromatic rings. The number of fused-ring (bicyclic) bond motifs is 2. The number of para-hydroxylation sites is 1. The van der Waals surface area contributed by atoms with E-state index in [0.29, 0.717) is 17.1 Å². The summed E-state index contributed by atoms with van der Waals surface area (Å²) in [6.07, 6.45) is 1.73. The molecule has 0 aromatic heterocycles. The van der Waals surface area contributed by atoms with Crippen molar-refractivity contribution in [2.75, 3.05) is 23.8 Å². The standard InChI is InChI=1S/C24H21N3O2S2/c1-3-14-27-22(29)21(23-26(2)17-10-6-7-11-19(17)30-23)31-24(27)25-20-16-9-5-4-8-15(16)12-13-18(20)28/h3-13,24-25,28H,1,14H2,2H3/b23-21-. The molecule has 156 valence electrons. The molecule has 0 bridgehead atoms. The predicted molar refractivity (Wildman–Crippen MR) is 130 cm³/mol. The smallest absolute Gasteiger partial charge is 0.265 e. The second-order valence-electron chi connectivity index (χ2n) is 7.30. The van der Waals surface area contributed by atoms with E-state index < -0.39 is 0 Å². The minimum absolute atomic E-state index is 0.0377. The van der Waals surface area contributed by atoms with Crippen LogP contribution in [0.4, 0.5) is 11.4 Å². The highest BCUT2D eigenvalue weighted by molar-refractivity contribution is 8.08. The molecule has 5 rings (SSSR count). The Balaban J connectivity index is 1.53. The van der Waals surface area contributed by atoms with Gasteiger partial charge in [0.05, 0.1) is 16.4 Å². The Morgan fingerprint density at radius 3 is 2.71 bits per heavy atom. The zero-order valence-electron chi connectivity index (χ0n) is 16.9. The quantitative estimate of drug-likeness (QED) is 0.317. The highest BCUT2D eigenvalue weighted by Crippen LogP contribution is 2.51. The molecule has 0 aliphatic carbocycles. The van der Waals surface area contributed by atoms with Crippen LogP contribution in [-0.4, -0.2) is 35.0 Å². The predicted octanol–water partition coefficient (Wildman–Crippen LogP) is 5.41. The van der Waals surface area contributed by atoms with Crippen molar-refractivity contribution in [2.45, 2.75) is 10.4 Å². The maximum absolute atomic E-state index is 13.4. The molecule has 2 N–H and O–H groups in total. The lowest BCUT2D eigenvalue weighted by Gasteiger charge is -2.24. The highest BCUT2D eigenvalue weighted by atomic mass is 32.2. The van der Waals surface area contributed by atoms with Crippen LogP contribution in [-0.2, 0) is 4.79 Å². The van der Waals surface area contributed by atoms with Crippen molar-refractivity contribution in [3.05, 3.63) is 83.3 Å². The Labute approximate surface area is 189 Å². The van der Waals surface area contributed by atoms with E-state index in [-0.39, 0.29) is 17.2 Å². The summed E-state index contributed by atoms with van der Waals surface area (Å²) in [4.78, 5) is 19.0. The van der Waals surface area contributed by atoms with E-state index in [4.69, 9.17) is 0 Å². The summed E-state index contributed by atoms with van der Waals surface area (Å²) in [5.74, 6) is 0.121. The van der Waals surface area contributed by atoms with Gasteiger partial charge in [-0.1, -0.05) is 72.1 Å². The largest absolute Gasteiger partial charge is 0.506 e. The van der Waals surface area contributed by atoms with Gasteiger partial charge in [-0.25, -0.2) is 0 Å². The molecule has 5 nitrogen and oxygen atoms in total. The van der Waals surface area contributed by atoms with Crippen LogP contribution in [0, 0.1) is 0 Å². The number of nitrogens with zero attached hydrogens (tertiary/aromatic N) is 2. The molecule has 31 heavy (non-hydrogen) atoms. The molecule has 1 atom stereocenters. The summed E-state index contributed by atoms with van der Waals surface area (Å²) in [7, 11) is 1.99. The summed E-state index contributed by atoms with van der Waals surface area (Å²) in [5, 5.41) is 16.8. The molecule has 1 saturated heterocycles. The molecule has 2 heterocycles. The van der Waals surface area contributed by atoms with Crippen LogP contribution < -0.4 is 10.2 Å². The molecular formula is C24H21N3O2S2. The van der Waals surface area contributed by atoms with Gasteiger partial charge in [0.1, 0.15) is 10.7 Å². The van der Waals surface area contributed by atoms with Crippen molar-refractivity contribution >= 4 is 51.6 Å². The summed E-state index contributed by atoms with van der Waals surface area (Å²) in [5.41, 5.74) is 1.36. The molecule has 2 aliphatic rings. The molecule has 2 aliphatic heterocycles. The molecular weight excluding hydrogens is 426 g/mol. The second kappa shape index (κ2) is 7.90. The average molecular weight is 448 g/mol. The first-order chi connectivity index (χ1) is 15.1. The van der Waals surface area contributed by atoms with Gasteiger partial charge in [-0.15, -0.1) is 6.58 Å². The Kier molecular flexibility index (Phi) is 5.08. The molecule has 1 fully saturated rings. The van der Waals surface area contributed by atoms with Crippen molar-refractivity contribution in [3.8, 4) is 5.75 Å². The number of phenolic OH excluding ortho intramolecular Hbond substituents is 1. The number of carbonyl (C=O) groups is 1. The van der Waals surface area contributed by atoms with Crippen LogP contribution in [0.3, 0.4) is 0 Å². The number of nitrogens with one attached hydrogen (secondary N) is 1.